The summed E-state index contributed by atoms with van der Waals surface area (Å²) < 4.78 is 5.29. The third-order valence-electron chi connectivity index (χ3n) is 3.09. The first-order valence-electron chi connectivity index (χ1n) is 6.41. The standard InChI is InChI=1S/C13H20N2O2S/c1-8(2)13-15-9(3)11(18-13)12(16)14-6-10-4-5-17-7-10/h8,10H,4-7H2,1-3H3,(H,14,16). The molecule has 0 spiro atoms. The third kappa shape index (κ3) is 3.09. The van der Waals surface area contributed by atoms with Crippen LogP contribution < -0.4 is 5.32 Å². The van der Waals surface area contributed by atoms with Crippen LogP contribution in [0.2, 0.25) is 0 Å². The number of nitrogens with zero attached hydrogens (tertiary/aromatic N) is 1. The molecule has 2 heterocycles. The highest BCUT2D eigenvalue weighted by atomic mass is 32.1. The molecule has 1 aliphatic heterocycles. The van der Waals surface area contributed by atoms with Gasteiger partial charge in [0.05, 0.1) is 17.3 Å². The van der Waals surface area contributed by atoms with Gasteiger partial charge in [0.1, 0.15) is 4.88 Å². The predicted molar refractivity (Wildman–Crippen MR) is 72.2 cm³/mol. The summed E-state index contributed by atoms with van der Waals surface area (Å²) in [6.07, 6.45) is 1.04. The second-order valence-electron chi connectivity index (χ2n) is 5.06. The average Bonchev–Trinajstić information content (AvgIpc) is 2.94. The lowest BCUT2D eigenvalue weighted by molar-refractivity contribution is 0.0948. The van der Waals surface area contributed by atoms with E-state index in [0.29, 0.717) is 18.4 Å². The van der Waals surface area contributed by atoms with E-state index in [1.807, 2.05) is 6.92 Å². The third-order valence-corrected chi connectivity index (χ3v) is 4.55. The van der Waals surface area contributed by atoms with Crippen molar-refractivity contribution < 1.29 is 9.53 Å². The van der Waals surface area contributed by atoms with Crippen LogP contribution in [0.5, 0.6) is 0 Å². The van der Waals surface area contributed by atoms with E-state index >= 15 is 0 Å². The second-order valence-corrected chi connectivity index (χ2v) is 6.09. The van der Waals surface area contributed by atoms with Crippen molar-refractivity contribution in [2.45, 2.75) is 33.1 Å². The Morgan fingerprint density at radius 2 is 2.39 bits per heavy atom. The van der Waals surface area contributed by atoms with Gasteiger partial charge in [0.25, 0.3) is 5.91 Å². The summed E-state index contributed by atoms with van der Waals surface area (Å²) in [7, 11) is 0. The van der Waals surface area contributed by atoms with Gasteiger partial charge in [-0.25, -0.2) is 4.98 Å². The van der Waals surface area contributed by atoms with E-state index < -0.39 is 0 Å². The Kier molecular flexibility index (Phi) is 4.35. The Hall–Kier alpha value is -0.940. The highest BCUT2D eigenvalue weighted by Crippen LogP contribution is 2.24. The highest BCUT2D eigenvalue weighted by molar-refractivity contribution is 7.13. The monoisotopic (exact) mass is 268 g/mol. The maximum Gasteiger partial charge on any atom is 0.263 e. The van der Waals surface area contributed by atoms with Gasteiger partial charge in [-0.1, -0.05) is 13.8 Å². The maximum atomic E-state index is 12.1. The normalized spacial score (nSPS) is 19.4. The van der Waals surface area contributed by atoms with E-state index in [4.69, 9.17) is 4.74 Å². The lowest BCUT2D eigenvalue weighted by Gasteiger charge is -2.08. The molecule has 0 saturated carbocycles. The lowest BCUT2D eigenvalue weighted by atomic mass is 10.1. The molecule has 1 N–H and O–H groups in total. The second kappa shape index (κ2) is 5.80. The Labute approximate surface area is 112 Å². The number of aromatic nitrogens is 1. The van der Waals surface area contributed by atoms with Crippen LogP contribution in [0.1, 0.15) is 46.6 Å². The van der Waals surface area contributed by atoms with Crippen molar-refractivity contribution in [3.8, 4) is 0 Å². The molecule has 4 nitrogen and oxygen atoms in total. The van der Waals surface area contributed by atoms with E-state index in [1.54, 1.807) is 0 Å². The van der Waals surface area contributed by atoms with Crippen LogP contribution in [0, 0.1) is 12.8 Å². The van der Waals surface area contributed by atoms with Crippen LogP contribution in [-0.2, 0) is 4.74 Å². The average molecular weight is 268 g/mol. The zero-order chi connectivity index (χ0) is 13.1. The zero-order valence-corrected chi connectivity index (χ0v) is 12.0. The van der Waals surface area contributed by atoms with Gasteiger partial charge in [-0.2, -0.15) is 0 Å². The SMILES string of the molecule is Cc1nc(C(C)C)sc1C(=O)NCC1CCOC1. The first kappa shape index (κ1) is 13.5. The largest absolute Gasteiger partial charge is 0.381 e. The molecular formula is C13H20N2O2S. The molecule has 1 saturated heterocycles. The van der Waals surface area contributed by atoms with Crippen LogP contribution in [0.4, 0.5) is 0 Å². The van der Waals surface area contributed by atoms with Gasteiger partial charge in [-0.05, 0) is 13.3 Å². The molecular weight excluding hydrogens is 248 g/mol. The molecule has 1 aromatic heterocycles. The first-order chi connectivity index (χ1) is 8.58. The number of nitrogens with one attached hydrogen (secondary N) is 1. The van der Waals surface area contributed by atoms with Crippen molar-refractivity contribution in [1.82, 2.24) is 10.3 Å². The number of rotatable bonds is 4. The topological polar surface area (TPSA) is 51.2 Å². The number of carbonyl (C=O) groups excluding carboxylic acids is 1. The fraction of sp³-hybridized carbons (Fsp3) is 0.692. The maximum absolute atomic E-state index is 12.1. The van der Waals surface area contributed by atoms with Crippen LogP contribution in [0.3, 0.4) is 0 Å². The summed E-state index contributed by atoms with van der Waals surface area (Å²) in [4.78, 5) is 17.3. The number of amides is 1. The van der Waals surface area contributed by atoms with Crippen molar-refractivity contribution in [2.24, 2.45) is 5.92 Å². The summed E-state index contributed by atoms with van der Waals surface area (Å²) >= 11 is 1.50. The summed E-state index contributed by atoms with van der Waals surface area (Å²) in [5.41, 5.74) is 0.837. The zero-order valence-electron chi connectivity index (χ0n) is 11.2. The smallest absolute Gasteiger partial charge is 0.263 e. The van der Waals surface area contributed by atoms with E-state index in [0.717, 1.165) is 35.2 Å². The van der Waals surface area contributed by atoms with Crippen molar-refractivity contribution in [3.63, 3.8) is 0 Å². The van der Waals surface area contributed by atoms with Crippen molar-refractivity contribution in [2.75, 3.05) is 19.8 Å². The molecule has 0 aromatic carbocycles. The molecule has 5 heteroatoms. The predicted octanol–water partition coefficient (Wildman–Crippen LogP) is 2.34. The van der Waals surface area contributed by atoms with Gasteiger partial charge in [0, 0.05) is 25.0 Å². The summed E-state index contributed by atoms with van der Waals surface area (Å²) in [6, 6.07) is 0. The summed E-state index contributed by atoms with van der Waals surface area (Å²) in [5.74, 6) is 0.842. The minimum Gasteiger partial charge on any atom is -0.381 e. The van der Waals surface area contributed by atoms with E-state index in [-0.39, 0.29) is 5.91 Å². The van der Waals surface area contributed by atoms with Crippen molar-refractivity contribution in [3.05, 3.63) is 15.6 Å². The molecule has 2 rings (SSSR count). The molecule has 1 aromatic rings. The number of carbonyl (C=O) groups is 1. The Morgan fingerprint density at radius 3 is 2.94 bits per heavy atom. The number of ether oxygens (including phenoxy) is 1. The van der Waals surface area contributed by atoms with Gasteiger partial charge in [0.2, 0.25) is 0 Å². The van der Waals surface area contributed by atoms with Gasteiger partial charge < -0.3 is 10.1 Å². The number of hydrogen-bond donors (Lipinski definition) is 1. The molecule has 0 bridgehead atoms. The first-order valence-corrected chi connectivity index (χ1v) is 7.23. The summed E-state index contributed by atoms with van der Waals surface area (Å²) in [6.45, 7) is 8.37. The van der Waals surface area contributed by atoms with Crippen molar-refractivity contribution >= 4 is 17.2 Å². The molecule has 1 amide bonds. The molecule has 0 aliphatic carbocycles. The Bertz CT molecular complexity index is 423. The molecule has 0 radical (unpaired) electrons. The fourth-order valence-electron chi connectivity index (χ4n) is 1.94. The molecule has 1 fully saturated rings. The Morgan fingerprint density at radius 1 is 1.61 bits per heavy atom. The number of aryl methyl sites for hydroxylation is 1. The van der Waals surface area contributed by atoms with Crippen molar-refractivity contribution in [1.29, 1.82) is 0 Å². The Balaban J connectivity index is 1.95. The molecule has 1 atom stereocenters. The minimum absolute atomic E-state index is 0.00352. The van der Waals surface area contributed by atoms with E-state index in [2.05, 4.69) is 24.1 Å². The fourth-order valence-corrected chi connectivity index (χ4v) is 2.92. The van der Waals surface area contributed by atoms with E-state index in [1.165, 1.54) is 11.3 Å². The number of thiazole rings is 1. The quantitative estimate of drug-likeness (QED) is 0.912. The molecule has 1 aliphatic rings. The molecule has 1 unspecified atom stereocenters. The van der Waals surface area contributed by atoms with E-state index in [9.17, 15) is 4.79 Å². The van der Waals surface area contributed by atoms with Crippen LogP contribution >= 0.6 is 11.3 Å². The molecule has 18 heavy (non-hydrogen) atoms. The van der Waals surface area contributed by atoms with Gasteiger partial charge >= 0.3 is 0 Å². The minimum atomic E-state index is 0.00352. The van der Waals surface area contributed by atoms with Gasteiger partial charge in [-0.15, -0.1) is 11.3 Å². The molecule has 100 valence electrons. The highest BCUT2D eigenvalue weighted by Gasteiger charge is 2.20. The van der Waals surface area contributed by atoms with Gasteiger partial charge in [-0.3, -0.25) is 4.79 Å². The summed E-state index contributed by atoms with van der Waals surface area (Å²) in [5, 5.41) is 4.01. The van der Waals surface area contributed by atoms with Crippen LogP contribution in [-0.4, -0.2) is 30.6 Å². The lowest BCUT2D eigenvalue weighted by Crippen LogP contribution is -2.29. The van der Waals surface area contributed by atoms with Crippen LogP contribution in [0.25, 0.3) is 0 Å². The van der Waals surface area contributed by atoms with Crippen LogP contribution in [0.15, 0.2) is 0 Å². The van der Waals surface area contributed by atoms with Gasteiger partial charge in [0.15, 0.2) is 0 Å². The number of hydrogen-bond acceptors (Lipinski definition) is 4.